The number of nitrogens with zero attached hydrogens (tertiary/aromatic N) is 4. The lowest BCUT2D eigenvalue weighted by Gasteiger charge is -2.01. The maximum Gasteiger partial charge on any atom is 0.339 e. The number of carboxylic acids is 1. The number of hydrogen-bond acceptors (Lipinski definition) is 4. The zero-order chi connectivity index (χ0) is 10.8. The van der Waals surface area contributed by atoms with Crippen LogP contribution in [0, 0.1) is 0 Å². The first-order chi connectivity index (χ1) is 7.20. The van der Waals surface area contributed by atoms with Gasteiger partial charge in [-0.15, -0.1) is 0 Å². The molecule has 0 saturated heterocycles. The van der Waals surface area contributed by atoms with E-state index in [4.69, 9.17) is 5.11 Å². The highest BCUT2D eigenvalue weighted by Gasteiger charge is 2.16. The molecule has 0 fully saturated rings. The Hall–Kier alpha value is -2.24. The summed E-state index contributed by atoms with van der Waals surface area (Å²) in [5.74, 6) is -1.01. The molecule has 2 heterocycles. The Labute approximate surface area is 85.2 Å². The minimum Gasteiger partial charge on any atom is -0.478 e. The quantitative estimate of drug-likeness (QED) is 0.773. The van der Waals surface area contributed by atoms with Crippen LogP contribution in [0.2, 0.25) is 0 Å². The summed E-state index contributed by atoms with van der Waals surface area (Å²) in [7, 11) is 1.68. The molecule has 6 nitrogen and oxygen atoms in total. The van der Waals surface area contributed by atoms with Crippen LogP contribution in [0.5, 0.6) is 0 Å². The van der Waals surface area contributed by atoms with Gasteiger partial charge >= 0.3 is 5.97 Å². The fourth-order valence-corrected chi connectivity index (χ4v) is 1.36. The monoisotopic (exact) mass is 204 g/mol. The molecule has 0 radical (unpaired) electrons. The van der Waals surface area contributed by atoms with Crippen molar-refractivity contribution in [1.82, 2.24) is 19.7 Å². The van der Waals surface area contributed by atoms with Gasteiger partial charge in [-0.3, -0.25) is 4.68 Å². The highest BCUT2D eigenvalue weighted by atomic mass is 16.4. The highest BCUT2D eigenvalue weighted by molar-refractivity contribution is 5.94. The van der Waals surface area contributed by atoms with E-state index in [9.17, 15) is 4.79 Å². The van der Waals surface area contributed by atoms with E-state index in [0.29, 0.717) is 11.3 Å². The molecule has 0 saturated carbocycles. The van der Waals surface area contributed by atoms with Crippen molar-refractivity contribution in [3.05, 3.63) is 30.5 Å². The standard InChI is InChI=1S/C9H8N4O2/c1-13-8(6-2-10-5-11-3-6)7(4-12-13)9(14)15/h2-5H,1H3,(H,14,15). The van der Waals surface area contributed by atoms with Crippen molar-refractivity contribution in [2.45, 2.75) is 0 Å². The summed E-state index contributed by atoms with van der Waals surface area (Å²) in [6, 6.07) is 0. The van der Waals surface area contributed by atoms with E-state index in [1.54, 1.807) is 19.4 Å². The van der Waals surface area contributed by atoms with E-state index in [1.807, 2.05) is 0 Å². The van der Waals surface area contributed by atoms with E-state index in [1.165, 1.54) is 17.2 Å². The number of aromatic nitrogens is 4. The van der Waals surface area contributed by atoms with Gasteiger partial charge in [0.2, 0.25) is 0 Å². The second-order valence-corrected chi connectivity index (χ2v) is 2.96. The maximum atomic E-state index is 10.9. The molecule has 0 aliphatic heterocycles. The normalized spacial score (nSPS) is 10.2. The van der Waals surface area contributed by atoms with Crippen LogP contribution in [-0.2, 0) is 7.05 Å². The smallest absolute Gasteiger partial charge is 0.339 e. The lowest BCUT2D eigenvalue weighted by atomic mass is 10.1. The summed E-state index contributed by atoms with van der Waals surface area (Å²) < 4.78 is 1.49. The van der Waals surface area contributed by atoms with Crippen LogP contribution < -0.4 is 0 Å². The predicted octanol–water partition coefficient (Wildman–Crippen LogP) is 0.575. The van der Waals surface area contributed by atoms with Gasteiger partial charge in [0.25, 0.3) is 0 Å². The van der Waals surface area contributed by atoms with Crippen LogP contribution in [-0.4, -0.2) is 30.8 Å². The number of carbonyl (C=O) groups is 1. The lowest BCUT2D eigenvalue weighted by molar-refractivity contribution is 0.0697. The minimum absolute atomic E-state index is 0.146. The molecule has 2 aromatic rings. The van der Waals surface area contributed by atoms with Crippen LogP contribution in [0.4, 0.5) is 0 Å². The average molecular weight is 204 g/mol. The number of hydrogen-bond donors (Lipinski definition) is 1. The molecule has 0 aliphatic carbocycles. The Morgan fingerprint density at radius 2 is 2.00 bits per heavy atom. The minimum atomic E-state index is -1.01. The molecule has 0 bridgehead atoms. The molecule has 0 atom stereocenters. The third-order valence-corrected chi connectivity index (χ3v) is 2.00. The molecule has 76 valence electrons. The van der Waals surface area contributed by atoms with Crippen LogP contribution in [0.3, 0.4) is 0 Å². The van der Waals surface area contributed by atoms with Crippen molar-refractivity contribution in [3.63, 3.8) is 0 Å². The molecule has 0 spiro atoms. The summed E-state index contributed by atoms with van der Waals surface area (Å²) in [6.45, 7) is 0. The van der Waals surface area contributed by atoms with Gasteiger partial charge in [0, 0.05) is 25.0 Å². The molecule has 0 unspecified atom stereocenters. The summed E-state index contributed by atoms with van der Waals surface area (Å²) >= 11 is 0. The van der Waals surface area contributed by atoms with Gasteiger partial charge < -0.3 is 5.11 Å². The maximum absolute atomic E-state index is 10.9. The van der Waals surface area contributed by atoms with E-state index in [-0.39, 0.29) is 5.56 Å². The van der Waals surface area contributed by atoms with Gasteiger partial charge in [-0.2, -0.15) is 5.10 Å². The van der Waals surface area contributed by atoms with Crippen LogP contribution >= 0.6 is 0 Å². The molecular formula is C9H8N4O2. The number of aromatic carboxylic acids is 1. The van der Waals surface area contributed by atoms with Gasteiger partial charge in [0.05, 0.1) is 11.9 Å². The van der Waals surface area contributed by atoms with Gasteiger partial charge in [-0.05, 0) is 0 Å². The van der Waals surface area contributed by atoms with Crippen molar-refractivity contribution in [3.8, 4) is 11.3 Å². The Morgan fingerprint density at radius 1 is 1.33 bits per heavy atom. The summed E-state index contributed by atoms with van der Waals surface area (Å²) in [6.07, 6.45) is 5.80. The van der Waals surface area contributed by atoms with E-state index in [0.717, 1.165) is 0 Å². The Balaban J connectivity index is 2.62. The van der Waals surface area contributed by atoms with Gasteiger partial charge in [-0.25, -0.2) is 14.8 Å². The molecule has 2 aromatic heterocycles. The Morgan fingerprint density at radius 3 is 2.60 bits per heavy atom. The third-order valence-electron chi connectivity index (χ3n) is 2.00. The molecule has 15 heavy (non-hydrogen) atoms. The number of aryl methyl sites for hydroxylation is 1. The lowest BCUT2D eigenvalue weighted by Crippen LogP contribution is -2.01. The third kappa shape index (κ3) is 1.56. The first-order valence-electron chi connectivity index (χ1n) is 4.21. The van der Waals surface area contributed by atoms with Crippen LogP contribution in [0.1, 0.15) is 10.4 Å². The zero-order valence-electron chi connectivity index (χ0n) is 7.95. The molecule has 2 rings (SSSR count). The highest BCUT2D eigenvalue weighted by Crippen LogP contribution is 2.20. The zero-order valence-corrected chi connectivity index (χ0v) is 7.95. The van der Waals surface area contributed by atoms with Crippen molar-refractivity contribution < 1.29 is 9.90 Å². The first kappa shape index (κ1) is 9.32. The van der Waals surface area contributed by atoms with E-state index >= 15 is 0 Å². The number of rotatable bonds is 2. The van der Waals surface area contributed by atoms with E-state index in [2.05, 4.69) is 15.1 Å². The second kappa shape index (κ2) is 3.49. The Kier molecular flexibility index (Phi) is 2.17. The molecule has 0 aliphatic rings. The fourth-order valence-electron chi connectivity index (χ4n) is 1.36. The van der Waals surface area contributed by atoms with Crippen LogP contribution in [0.15, 0.2) is 24.9 Å². The topological polar surface area (TPSA) is 80.9 Å². The SMILES string of the molecule is Cn1ncc(C(=O)O)c1-c1cncnc1. The fraction of sp³-hybridized carbons (Fsp3) is 0.111. The molecular weight excluding hydrogens is 196 g/mol. The largest absolute Gasteiger partial charge is 0.478 e. The average Bonchev–Trinajstić information content (AvgIpc) is 2.61. The summed E-state index contributed by atoms with van der Waals surface area (Å²) in [5.41, 5.74) is 1.28. The van der Waals surface area contributed by atoms with Crippen molar-refractivity contribution in [2.75, 3.05) is 0 Å². The first-order valence-corrected chi connectivity index (χ1v) is 4.21. The second-order valence-electron chi connectivity index (χ2n) is 2.96. The van der Waals surface area contributed by atoms with E-state index < -0.39 is 5.97 Å². The van der Waals surface area contributed by atoms with Crippen molar-refractivity contribution in [2.24, 2.45) is 7.05 Å². The van der Waals surface area contributed by atoms with Gasteiger partial charge in [0.1, 0.15) is 11.9 Å². The summed E-state index contributed by atoms with van der Waals surface area (Å²) in [4.78, 5) is 18.6. The number of carboxylic acid groups (broad SMARTS) is 1. The molecule has 0 amide bonds. The predicted molar refractivity (Wildman–Crippen MR) is 51.2 cm³/mol. The van der Waals surface area contributed by atoms with Gasteiger partial charge in [-0.1, -0.05) is 0 Å². The summed E-state index contributed by atoms with van der Waals surface area (Å²) in [5, 5.41) is 12.8. The molecule has 6 heteroatoms. The van der Waals surface area contributed by atoms with Crippen LogP contribution in [0.25, 0.3) is 11.3 Å². The van der Waals surface area contributed by atoms with Crippen molar-refractivity contribution >= 4 is 5.97 Å². The van der Waals surface area contributed by atoms with Crippen molar-refractivity contribution in [1.29, 1.82) is 0 Å². The Bertz CT molecular complexity index is 492. The molecule has 0 aromatic carbocycles. The van der Waals surface area contributed by atoms with Gasteiger partial charge in [0.15, 0.2) is 0 Å². The molecule has 1 N–H and O–H groups in total.